The second-order valence-corrected chi connectivity index (χ2v) is 4.97. The lowest BCUT2D eigenvalue weighted by molar-refractivity contribution is -0.386. The van der Waals surface area contributed by atoms with Crippen LogP contribution >= 0.6 is 0 Å². The van der Waals surface area contributed by atoms with E-state index < -0.39 is 47.2 Å². The van der Waals surface area contributed by atoms with Gasteiger partial charge >= 0.3 is 12.6 Å². The molecule has 0 unspecified atom stereocenters. The first-order valence-electron chi connectivity index (χ1n) is 7.15. The summed E-state index contributed by atoms with van der Waals surface area (Å²) < 4.78 is 64.7. The predicted octanol–water partition coefficient (Wildman–Crippen LogP) is 3.84. The van der Waals surface area contributed by atoms with Gasteiger partial charge in [0, 0.05) is 0 Å². The Morgan fingerprint density at radius 1 is 1.15 bits per heavy atom. The van der Waals surface area contributed by atoms with Crippen LogP contribution in [0.4, 0.5) is 23.2 Å². The van der Waals surface area contributed by atoms with E-state index in [9.17, 15) is 32.5 Å². The van der Waals surface area contributed by atoms with Gasteiger partial charge in [0.05, 0.1) is 29.2 Å². The molecule has 0 amide bonds. The van der Waals surface area contributed by atoms with Crippen molar-refractivity contribution in [2.45, 2.75) is 13.2 Å². The number of nitrogens with zero attached hydrogens (tertiary/aromatic N) is 1. The van der Waals surface area contributed by atoms with Crippen molar-refractivity contribution in [2.24, 2.45) is 0 Å². The molecule has 7 nitrogen and oxygen atoms in total. The van der Waals surface area contributed by atoms with Gasteiger partial charge in [0.15, 0.2) is 23.1 Å². The molecule has 0 saturated carbocycles. The van der Waals surface area contributed by atoms with Gasteiger partial charge < -0.3 is 14.2 Å². The average molecular weight is 389 g/mol. The molecule has 2 aromatic carbocycles. The Balaban J connectivity index is 2.27. The summed E-state index contributed by atoms with van der Waals surface area (Å²) in [5.74, 6) is -4.34. The maximum absolute atomic E-state index is 13.2. The number of ether oxygens (including phenoxy) is 3. The number of methoxy groups -OCH3 is 1. The number of nitro benzene ring substituents is 1. The molecule has 0 aliphatic rings. The van der Waals surface area contributed by atoms with Crippen molar-refractivity contribution in [1.29, 1.82) is 0 Å². The van der Waals surface area contributed by atoms with Crippen LogP contribution in [-0.4, -0.2) is 24.6 Å². The molecule has 0 saturated heterocycles. The van der Waals surface area contributed by atoms with Crippen LogP contribution in [0, 0.1) is 21.7 Å². The van der Waals surface area contributed by atoms with Crippen molar-refractivity contribution in [3.63, 3.8) is 0 Å². The molecule has 0 N–H and O–H groups in total. The predicted molar refractivity (Wildman–Crippen MR) is 81.8 cm³/mol. The lowest BCUT2D eigenvalue weighted by atomic mass is 10.1. The Kier molecular flexibility index (Phi) is 6.16. The molecule has 0 fully saturated rings. The van der Waals surface area contributed by atoms with E-state index in [1.54, 1.807) is 0 Å². The van der Waals surface area contributed by atoms with Gasteiger partial charge in [0.2, 0.25) is 0 Å². The molecule has 0 spiro atoms. The van der Waals surface area contributed by atoms with Gasteiger partial charge in [-0.1, -0.05) is 0 Å². The molecule has 2 aromatic rings. The molecule has 0 radical (unpaired) electrons. The number of carbonyl (C=O) groups is 1. The zero-order valence-electron chi connectivity index (χ0n) is 13.6. The monoisotopic (exact) mass is 389 g/mol. The van der Waals surface area contributed by atoms with E-state index in [4.69, 9.17) is 9.47 Å². The molecule has 0 heterocycles. The van der Waals surface area contributed by atoms with Gasteiger partial charge in [0.25, 0.3) is 5.69 Å². The van der Waals surface area contributed by atoms with Gasteiger partial charge in [-0.15, -0.1) is 0 Å². The Hall–Kier alpha value is -3.37. The number of benzene rings is 2. The number of halogens is 4. The first kappa shape index (κ1) is 19.9. The summed E-state index contributed by atoms with van der Waals surface area (Å²) >= 11 is 0. The SMILES string of the molecule is COc1cc(COC(=O)c2ccc(F)c(F)c2)c([N+](=O)[O-])cc1OC(F)F. The quantitative estimate of drug-likeness (QED) is 0.309. The van der Waals surface area contributed by atoms with Crippen molar-refractivity contribution in [3.05, 3.63) is 63.2 Å². The average Bonchev–Trinajstić information content (AvgIpc) is 2.61. The fourth-order valence-corrected chi connectivity index (χ4v) is 2.07. The Bertz CT molecular complexity index is 874. The maximum atomic E-state index is 13.2. The van der Waals surface area contributed by atoms with Crippen molar-refractivity contribution >= 4 is 11.7 Å². The first-order valence-corrected chi connectivity index (χ1v) is 7.15. The second kappa shape index (κ2) is 8.34. The van der Waals surface area contributed by atoms with Gasteiger partial charge in [-0.25, -0.2) is 13.6 Å². The number of rotatable bonds is 7. The van der Waals surface area contributed by atoms with E-state index in [0.717, 1.165) is 19.2 Å². The lowest BCUT2D eigenvalue weighted by Crippen LogP contribution is -2.09. The highest BCUT2D eigenvalue weighted by Crippen LogP contribution is 2.36. The molecule has 0 aliphatic carbocycles. The van der Waals surface area contributed by atoms with Crippen LogP contribution in [0.2, 0.25) is 0 Å². The minimum absolute atomic E-state index is 0.186. The van der Waals surface area contributed by atoms with E-state index in [0.29, 0.717) is 18.2 Å². The van der Waals surface area contributed by atoms with Crippen LogP contribution in [0.5, 0.6) is 11.5 Å². The summed E-state index contributed by atoms with van der Waals surface area (Å²) in [5.41, 5.74) is -1.17. The van der Waals surface area contributed by atoms with E-state index in [1.165, 1.54) is 0 Å². The molecule has 27 heavy (non-hydrogen) atoms. The first-order chi connectivity index (χ1) is 12.7. The van der Waals surface area contributed by atoms with Crippen LogP contribution in [0.1, 0.15) is 15.9 Å². The molecule has 11 heteroatoms. The van der Waals surface area contributed by atoms with Crippen molar-refractivity contribution in [3.8, 4) is 11.5 Å². The molecule has 2 rings (SSSR count). The molecule has 0 atom stereocenters. The van der Waals surface area contributed by atoms with Crippen LogP contribution in [0.3, 0.4) is 0 Å². The number of carbonyl (C=O) groups excluding carboxylic acids is 1. The summed E-state index contributed by atoms with van der Waals surface area (Å²) in [6.07, 6.45) is 0. The Morgan fingerprint density at radius 2 is 1.85 bits per heavy atom. The highest BCUT2D eigenvalue weighted by atomic mass is 19.3. The third-order valence-electron chi connectivity index (χ3n) is 3.29. The minimum Gasteiger partial charge on any atom is -0.493 e. The summed E-state index contributed by atoms with van der Waals surface area (Å²) in [4.78, 5) is 22.1. The lowest BCUT2D eigenvalue weighted by Gasteiger charge is -2.12. The number of esters is 1. The molecule has 0 aliphatic heterocycles. The zero-order valence-corrected chi connectivity index (χ0v) is 13.6. The highest BCUT2D eigenvalue weighted by Gasteiger charge is 2.23. The van der Waals surface area contributed by atoms with Crippen LogP contribution in [-0.2, 0) is 11.3 Å². The number of nitro groups is 1. The summed E-state index contributed by atoms with van der Waals surface area (Å²) in [7, 11) is 1.12. The van der Waals surface area contributed by atoms with Crippen LogP contribution < -0.4 is 9.47 Å². The fraction of sp³-hybridized carbons (Fsp3) is 0.188. The van der Waals surface area contributed by atoms with E-state index in [2.05, 4.69) is 4.74 Å². The van der Waals surface area contributed by atoms with E-state index >= 15 is 0 Å². The Morgan fingerprint density at radius 3 is 2.41 bits per heavy atom. The maximum Gasteiger partial charge on any atom is 0.387 e. The van der Waals surface area contributed by atoms with Gasteiger partial charge in [0.1, 0.15) is 6.61 Å². The van der Waals surface area contributed by atoms with E-state index in [1.807, 2.05) is 0 Å². The smallest absolute Gasteiger partial charge is 0.387 e. The molecular formula is C16H11F4NO6. The molecule has 144 valence electrons. The summed E-state index contributed by atoms with van der Waals surface area (Å²) in [6.45, 7) is -3.89. The standard InChI is InChI=1S/C16H11F4NO6/c1-25-13-5-9(12(21(23)24)6-14(13)27-16(19)20)7-26-15(22)8-2-3-10(17)11(18)4-8/h2-6,16H,7H2,1H3. The number of hydrogen-bond donors (Lipinski definition) is 0. The van der Waals surface area contributed by atoms with Crippen molar-refractivity contribution in [1.82, 2.24) is 0 Å². The minimum atomic E-state index is -3.24. The fourth-order valence-electron chi connectivity index (χ4n) is 2.07. The molecule has 0 aromatic heterocycles. The second-order valence-electron chi connectivity index (χ2n) is 4.97. The molecule has 0 bridgehead atoms. The Labute approximate surface area is 149 Å². The van der Waals surface area contributed by atoms with Crippen LogP contribution in [0.25, 0.3) is 0 Å². The normalized spacial score (nSPS) is 10.6. The number of alkyl halides is 2. The van der Waals surface area contributed by atoms with Crippen LogP contribution in [0.15, 0.2) is 30.3 Å². The van der Waals surface area contributed by atoms with Crippen molar-refractivity contribution in [2.75, 3.05) is 7.11 Å². The summed E-state index contributed by atoms with van der Waals surface area (Å²) in [5, 5.41) is 11.1. The van der Waals surface area contributed by atoms with E-state index in [-0.39, 0.29) is 16.9 Å². The van der Waals surface area contributed by atoms with Gasteiger partial charge in [-0.2, -0.15) is 8.78 Å². The zero-order chi connectivity index (χ0) is 20.1. The third-order valence-corrected chi connectivity index (χ3v) is 3.29. The number of hydrogen-bond acceptors (Lipinski definition) is 6. The highest BCUT2D eigenvalue weighted by molar-refractivity contribution is 5.89. The topological polar surface area (TPSA) is 87.9 Å². The summed E-state index contributed by atoms with van der Waals surface area (Å²) in [6, 6.07) is 3.98. The largest absolute Gasteiger partial charge is 0.493 e. The third kappa shape index (κ3) is 4.84. The van der Waals surface area contributed by atoms with Crippen molar-refractivity contribution < 1.29 is 41.5 Å². The van der Waals surface area contributed by atoms with Gasteiger partial charge in [-0.3, -0.25) is 10.1 Å². The molecular weight excluding hydrogens is 378 g/mol. The van der Waals surface area contributed by atoms with Gasteiger partial charge in [-0.05, 0) is 24.3 Å².